The number of benzene rings is 1. The lowest BCUT2D eigenvalue weighted by Gasteiger charge is -2.26. The van der Waals surface area contributed by atoms with Crippen LogP contribution in [0.25, 0.3) is 0 Å². The third kappa shape index (κ3) is 3.55. The molecule has 2 rings (SSSR count). The van der Waals surface area contributed by atoms with Crippen molar-refractivity contribution in [3.8, 4) is 0 Å². The molecule has 94 valence electrons. The third-order valence-electron chi connectivity index (χ3n) is 4.00. The first-order valence-electron chi connectivity index (χ1n) is 6.73. The van der Waals surface area contributed by atoms with Gasteiger partial charge in [-0.2, -0.15) is 0 Å². The first-order chi connectivity index (χ1) is 8.27. The van der Waals surface area contributed by atoms with Crippen molar-refractivity contribution in [2.45, 2.75) is 25.8 Å². The van der Waals surface area contributed by atoms with Gasteiger partial charge in [0.05, 0.1) is 0 Å². The molecule has 0 aromatic heterocycles. The number of nitrogens with one attached hydrogen (secondary N) is 1. The minimum atomic E-state index is 0.519. The van der Waals surface area contributed by atoms with Crippen LogP contribution in [0, 0.1) is 5.92 Å². The van der Waals surface area contributed by atoms with E-state index in [1.807, 2.05) is 0 Å². The van der Waals surface area contributed by atoms with Crippen LogP contribution < -0.4 is 5.32 Å². The smallest absolute Gasteiger partial charge is 0.0316 e. The van der Waals surface area contributed by atoms with Crippen LogP contribution in [0.15, 0.2) is 30.3 Å². The van der Waals surface area contributed by atoms with Gasteiger partial charge in [0.1, 0.15) is 0 Å². The molecule has 17 heavy (non-hydrogen) atoms. The fourth-order valence-corrected chi connectivity index (χ4v) is 2.53. The molecule has 0 radical (unpaired) electrons. The van der Waals surface area contributed by atoms with Crippen molar-refractivity contribution < 1.29 is 0 Å². The molecule has 0 saturated carbocycles. The van der Waals surface area contributed by atoms with Crippen LogP contribution in [0.2, 0.25) is 0 Å². The predicted molar refractivity (Wildman–Crippen MR) is 73.1 cm³/mol. The van der Waals surface area contributed by atoms with Gasteiger partial charge in [-0.3, -0.25) is 4.90 Å². The van der Waals surface area contributed by atoms with E-state index in [2.05, 4.69) is 54.5 Å². The Kier molecular flexibility index (Phi) is 4.57. The SMILES string of the molecule is CC(c1ccccc1)N(C)CCC1CCNC1. The van der Waals surface area contributed by atoms with E-state index in [-0.39, 0.29) is 0 Å². The molecule has 2 unspecified atom stereocenters. The highest BCUT2D eigenvalue weighted by atomic mass is 15.1. The second kappa shape index (κ2) is 6.18. The van der Waals surface area contributed by atoms with Crippen molar-refractivity contribution in [3.63, 3.8) is 0 Å². The first-order valence-corrected chi connectivity index (χ1v) is 6.73. The van der Waals surface area contributed by atoms with Gasteiger partial charge in [-0.1, -0.05) is 30.3 Å². The fraction of sp³-hybridized carbons (Fsp3) is 0.600. The van der Waals surface area contributed by atoms with Gasteiger partial charge in [0, 0.05) is 6.04 Å². The van der Waals surface area contributed by atoms with Crippen LogP contribution in [0.1, 0.15) is 31.4 Å². The van der Waals surface area contributed by atoms with E-state index in [1.165, 1.54) is 38.0 Å². The van der Waals surface area contributed by atoms with Crippen LogP contribution in [-0.4, -0.2) is 31.6 Å². The molecule has 1 aromatic carbocycles. The molecule has 2 heteroatoms. The zero-order valence-electron chi connectivity index (χ0n) is 11.0. The van der Waals surface area contributed by atoms with Gasteiger partial charge in [0.2, 0.25) is 0 Å². The minimum Gasteiger partial charge on any atom is -0.316 e. The van der Waals surface area contributed by atoms with E-state index in [0.29, 0.717) is 6.04 Å². The first kappa shape index (κ1) is 12.6. The van der Waals surface area contributed by atoms with Crippen molar-refractivity contribution >= 4 is 0 Å². The van der Waals surface area contributed by atoms with Crippen LogP contribution >= 0.6 is 0 Å². The Morgan fingerprint density at radius 2 is 2.12 bits per heavy atom. The van der Waals surface area contributed by atoms with Gasteiger partial charge in [-0.05, 0) is 57.9 Å². The Balaban J connectivity index is 1.80. The number of rotatable bonds is 5. The number of hydrogen-bond acceptors (Lipinski definition) is 2. The summed E-state index contributed by atoms with van der Waals surface area (Å²) in [6, 6.07) is 11.3. The number of hydrogen-bond donors (Lipinski definition) is 1. The highest BCUT2D eigenvalue weighted by molar-refractivity contribution is 5.18. The highest BCUT2D eigenvalue weighted by Crippen LogP contribution is 2.20. The Morgan fingerprint density at radius 3 is 2.76 bits per heavy atom. The van der Waals surface area contributed by atoms with Crippen molar-refractivity contribution in [1.29, 1.82) is 0 Å². The van der Waals surface area contributed by atoms with E-state index in [0.717, 1.165) is 5.92 Å². The molecule has 0 amide bonds. The average Bonchev–Trinajstić information content (AvgIpc) is 2.89. The maximum atomic E-state index is 3.44. The summed E-state index contributed by atoms with van der Waals surface area (Å²) >= 11 is 0. The molecule has 0 aliphatic carbocycles. The summed E-state index contributed by atoms with van der Waals surface area (Å²) < 4.78 is 0. The summed E-state index contributed by atoms with van der Waals surface area (Å²) in [6.45, 7) is 5.92. The van der Waals surface area contributed by atoms with Gasteiger partial charge in [0.25, 0.3) is 0 Å². The van der Waals surface area contributed by atoms with E-state index in [4.69, 9.17) is 0 Å². The molecular weight excluding hydrogens is 208 g/mol. The summed E-state index contributed by atoms with van der Waals surface area (Å²) in [5, 5.41) is 3.44. The number of nitrogens with zero attached hydrogens (tertiary/aromatic N) is 1. The quantitative estimate of drug-likeness (QED) is 0.839. The largest absolute Gasteiger partial charge is 0.316 e. The van der Waals surface area contributed by atoms with Crippen molar-refractivity contribution in [2.75, 3.05) is 26.7 Å². The van der Waals surface area contributed by atoms with Gasteiger partial charge in [-0.15, -0.1) is 0 Å². The lowest BCUT2D eigenvalue weighted by atomic mass is 10.0. The van der Waals surface area contributed by atoms with E-state index < -0.39 is 0 Å². The molecule has 1 N–H and O–H groups in total. The van der Waals surface area contributed by atoms with Crippen molar-refractivity contribution in [3.05, 3.63) is 35.9 Å². The zero-order chi connectivity index (χ0) is 12.1. The standard InChI is InChI=1S/C15H24N2/c1-13(15-6-4-3-5-7-15)17(2)11-9-14-8-10-16-12-14/h3-7,13-14,16H,8-12H2,1-2H3. The Bertz CT molecular complexity index is 317. The summed E-state index contributed by atoms with van der Waals surface area (Å²) in [5.74, 6) is 0.889. The van der Waals surface area contributed by atoms with Gasteiger partial charge in [-0.25, -0.2) is 0 Å². The van der Waals surface area contributed by atoms with Crippen LogP contribution in [0.5, 0.6) is 0 Å². The molecule has 2 atom stereocenters. The molecule has 1 aromatic rings. The van der Waals surface area contributed by atoms with Gasteiger partial charge >= 0.3 is 0 Å². The van der Waals surface area contributed by atoms with Crippen LogP contribution in [0.4, 0.5) is 0 Å². The van der Waals surface area contributed by atoms with Crippen molar-refractivity contribution in [2.24, 2.45) is 5.92 Å². The summed E-state index contributed by atoms with van der Waals surface area (Å²) in [5.41, 5.74) is 1.42. The van der Waals surface area contributed by atoms with E-state index >= 15 is 0 Å². The molecule has 2 nitrogen and oxygen atoms in total. The summed E-state index contributed by atoms with van der Waals surface area (Å²) in [6.07, 6.45) is 2.67. The third-order valence-corrected chi connectivity index (χ3v) is 4.00. The average molecular weight is 232 g/mol. The highest BCUT2D eigenvalue weighted by Gasteiger charge is 2.17. The van der Waals surface area contributed by atoms with E-state index in [9.17, 15) is 0 Å². The van der Waals surface area contributed by atoms with E-state index in [1.54, 1.807) is 0 Å². The Morgan fingerprint density at radius 1 is 1.35 bits per heavy atom. The summed E-state index contributed by atoms with van der Waals surface area (Å²) in [4.78, 5) is 2.47. The van der Waals surface area contributed by atoms with Gasteiger partial charge < -0.3 is 5.32 Å². The van der Waals surface area contributed by atoms with Crippen LogP contribution in [0.3, 0.4) is 0 Å². The molecule has 1 fully saturated rings. The molecular formula is C15H24N2. The minimum absolute atomic E-state index is 0.519. The normalized spacial score (nSPS) is 21.9. The fourth-order valence-electron chi connectivity index (χ4n) is 2.53. The predicted octanol–water partition coefficient (Wildman–Crippen LogP) is 2.68. The second-order valence-corrected chi connectivity index (χ2v) is 5.21. The molecule has 1 saturated heterocycles. The Labute approximate surface area is 105 Å². The topological polar surface area (TPSA) is 15.3 Å². The molecule has 1 heterocycles. The summed E-state index contributed by atoms with van der Waals surface area (Å²) in [7, 11) is 2.24. The van der Waals surface area contributed by atoms with Gasteiger partial charge in [0.15, 0.2) is 0 Å². The molecule has 1 aliphatic rings. The maximum Gasteiger partial charge on any atom is 0.0316 e. The molecule has 0 bridgehead atoms. The Hall–Kier alpha value is -0.860. The van der Waals surface area contributed by atoms with Crippen molar-refractivity contribution in [1.82, 2.24) is 10.2 Å². The molecule has 0 spiro atoms. The lowest BCUT2D eigenvalue weighted by molar-refractivity contribution is 0.243. The maximum absolute atomic E-state index is 3.44. The zero-order valence-corrected chi connectivity index (χ0v) is 11.0. The molecule has 1 aliphatic heterocycles. The monoisotopic (exact) mass is 232 g/mol. The second-order valence-electron chi connectivity index (χ2n) is 5.21. The lowest BCUT2D eigenvalue weighted by Crippen LogP contribution is -2.25. The van der Waals surface area contributed by atoms with Crippen LogP contribution in [-0.2, 0) is 0 Å².